The number of nitrogens with one attached hydrogen (secondary N) is 2. The quantitative estimate of drug-likeness (QED) is 0.255. The molecule has 3 aromatic rings. The van der Waals surface area contributed by atoms with Crippen molar-refractivity contribution in [3.05, 3.63) is 71.8 Å². The summed E-state index contributed by atoms with van der Waals surface area (Å²) in [5, 5.41) is 6.67. The molecule has 0 aromatic heterocycles. The maximum atomic E-state index is 5.36. The first kappa shape index (κ1) is 23.5. The Balaban J connectivity index is 1.61. The van der Waals surface area contributed by atoms with E-state index >= 15 is 0 Å². The number of thioether (sulfide) groups is 1. The first-order chi connectivity index (χ1) is 15.7. The van der Waals surface area contributed by atoms with Crippen LogP contribution in [0.25, 0.3) is 0 Å². The molecule has 5 nitrogen and oxygen atoms in total. The van der Waals surface area contributed by atoms with Crippen LogP contribution in [0.1, 0.15) is 24.5 Å². The first-order valence-corrected chi connectivity index (χ1v) is 11.7. The predicted octanol–water partition coefficient (Wildman–Crippen LogP) is 6.61. The van der Waals surface area contributed by atoms with Crippen molar-refractivity contribution < 1.29 is 9.47 Å². The number of rotatable bonds is 11. The van der Waals surface area contributed by atoms with Crippen LogP contribution in [0.5, 0.6) is 11.5 Å². The van der Waals surface area contributed by atoms with Gasteiger partial charge < -0.3 is 20.1 Å². The van der Waals surface area contributed by atoms with Crippen LogP contribution < -0.4 is 20.1 Å². The molecule has 0 saturated heterocycles. The molecule has 0 unspecified atom stereocenters. The molecular weight excluding hydrogens is 418 g/mol. The van der Waals surface area contributed by atoms with Crippen LogP contribution in [0.3, 0.4) is 0 Å². The molecule has 0 radical (unpaired) electrons. The second-order valence-corrected chi connectivity index (χ2v) is 8.37. The Morgan fingerprint density at radius 2 is 1.72 bits per heavy atom. The van der Waals surface area contributed by atoms with Gasteiger partial charge in [-0.25, -0.2) is 0 Å². The number of nitrogens with zero attached hydrogens (tertiary/aromatic N) is 1. The zero-order chi connectivity index (χ0) is 22.8. The van der Waals surface area contributed by atoms with E-state index in [1.807, 2.05) is 43.2 Å². The van der Waals surface area contributed by atoms with Gasteiger partial charge in [-0.15, -0.1) is 11.8 Å². The lowest BCUT2D eigenvalue weighted by Gasteiger charge is -2.11. The Hall–Kier alpha value is -3.12. The molecule has 0 bridgehead atoms. The molecular formula is C26H31N3O2S. The number of methoxy groups -OCH3 is 2. The van der Waals surface area contributed by atoms with E-state index < -0.39 is 0 Å². The molecule has 0 aliphatic rings. The van der Waals surface area contributed by atoms with Gasteiger partial charge >= 0.3 is 0 Å². The standard InChI is InChI=1S/C26H31N3O2S/c1-5-14-32-22-11-12-23(24(16-22)27-2)29-18-20-8-6-19(7-9-20)17-28-21-10-13-25(30-3)26(15-21)31-4/h6-13,15-16,18,27-28H,5,14,17H2,1-4H3. The van der Waals surface area contributed by atoms with Crippen molar-refractivity contribution >= 4 is 35.0 Å². The molecule has 168 valence electrons. The van der Waals surface area contributed by atoms with Gasteiger partial charge in [-0.2, -0.15) is 0 Å². The van der Waals surface area contributed by atoms with E-state index in [9.17, 15) is 0 Å². The molecule has 2 N–H and O–H groups in total. The normalized spacial score (nSPS) is 10.9. The van der Waals surface area contributed by atoms with Gasteiger partial charge in [-0.3, -0.25) is 4.99 Å². The third kappa shape index (κ3) is 6.44. The van der Waals surface area contributed by atoms with Crippen molar-refractivity contribution in [2.45, 2.75) is 24.8 Å². The minimum Gasteiger partial charge on any atom is -0.493 e. The van der Waals surface area contributed by atoms with E-state index in [1.54, 1.807) is 14.2 Å². The fraction of sp³-hybridized carbons (Fsp3) is 0.269. The van der Waals surface area contributed by atoms with Crippen LogP contribution in [0.4, 0.5) is 17.1 Å². The van der Waals surface area contributed by atoms with Crippen LogP contribution in [0.2, 0.25) is 0 Å². The number of hydrogen-bond donors (Lipinski definition) is 2. The Kier molecular flexibility index (Phi) is 8.87. The maximum absolute atomic E-state index is 5.36. The third-order valence-electron chi connectivity index (χ3n) is 4.92. The van der Waals surface area contributed by atoms with Gasteiger partial charge in [0, 0.05) is 36.5 Å². The van der Waals surface area contributed by atoms with Gasteiger partial charge in [0.1, 0.15) is 0 Å². The van der Waals surface area contributed by atoms with Gasteiger partial charge in [-0.1, -0.05) is 31.2 Å². The van der Waals surface area contributed by atoms with Gasteiger partial charge in [0.05, 0.1) is 25.6 Å². The van der Waals surface area contributed by atoms with Crippen molar-refractivity contribution in [3.63, 3.8) is 0 Å². The van der Waals surface area contributed by atoms with Crippen molar-refractivity contribution in [1.29, 1.82) is 0 Å². The molecule has 6 heteroatoms. The van der Waals surface area contributed by atoms with E-state index in [2.05, 4.69) is 65.0 Å². The smallest absolute Gasteiger partial charge is 0.162 e. The van der Waals surface area contributed by atoms with Crippen LogP contribution in [0.15, 0.2) is 70.6 Å². The average molecular weight is 450 g/mol. The zero-order valence-corrected chi connectivity index (χ0v) is 20.0. The minimum atomic E-state index is 0.710. The molecule has 0 heterocycles. The van der Waals surface area contributed by atoms with Crippen LogP contribution in [-0.2, 0) is 6.54 Å². The number of benzene rings is 3. The third-order valence-corrected chi connectivity index (χ3v) is 6.12. The summed E-state index contributed by atoms with van der Waals surface area (Å²) in [6.07, 6.45) is 3.07. The highest BCUT2D eigenvalue weighted by Crippen LogP contribution is 2.31. The molecule has 3 rings (SSSR count). The molecule has 0 aliphatic heterocycles. The topological polar surface area (TPSA) is 54.9 Å². The Labute approximate surface area is 195 Å². The Bertz CT molecular complexity index is 1040. The van der Waals surface area contributed by atoms with E-state index in [-0.39, 0.29) is 0 Å². The highest BCUT2D eigenvalue weighted by atomic mass is 32.2. The number of aliphatic imine (C=N–C) groups is 1. The summed E-state index contributed by atoms with van der Waals surface area (Å²) in [5.41, 5.74) is 5.20. The molecule has 0 atom stereocenters. The van der Waals surface area contributed by atoms with Gasteiger partial charge in [0.15, 0.2) is 11.5 Å². The fourth-order valence-corrected chi connectivity index (χ4v) is 3.96. The zero-order valence-electron chi connectivity index (χ0n) is 19.1. The maximum Gasteiger partial charge on any atom is 0.162 e. The highest BCUT2D eigenvalue weighted by Gasteiger charge is 2.05. The minimum absolute atomic E-state index is 0.710. The monoisotopic (exact) mass is 449 g/mol. The Morgan fingerprint density at radius 3 is 2.41 bits per heavy atom. The van der Waals surface area contributed by atoms with E-state index in [4.69, 9.17) is 9.47 Å². The SMILES string of the molecule is CCCSc1ccc(N=Cc2ccc(CNc3ccc(OC)c(OC)c3)cc2)c(NC)c1. The fourth-order valence-electron chi connectivity index (χ4n) is 3.15. The summed E-state index contributed by atoms with van der Waals surface area (Å²) in [4.78, 5) is 5.95. The lowest BCUT2D eigenvalue weighted by atomic mass is 10.1. The summed E-state index contributed by atoms with van der Waals surface area (Å²) in [5.74, 6) is 2.55. The van der Waals surface area contributed by atoms with Gasteiger partial charge in [-0.05, 0) is 53.6 Å². The first-order valence-electron chi connectivity index (χ1n) is 10.7. The van der Waals surface area contributed by atoms with Crippen molar-refractivity contribution in [3.8, 4) is 11.5 Å². The summed E-state index contributed by atoms with van der Waals surface area (Å²) in [7, 11) is 5.21. The summed E-state index contributed by atoms with van der Waals surface area (Å²) in [6.45, 7) is 2.91. The summed E-state index contributed by atoms with van der Waals surface area (Å²) >= 11 is 1.87. The Morgan fingerprint density at radius 1 is 0.938 bits per heavy atom. The van der Waals surface area contributed by atoms with Crippen LogP contribution in [-0.4, -0.2) is 33.2 Å². The van der Waals surface area contributed by atoms with E-state index in [1.165, 1.54) is 16.9 Å². The number of anilines is 2. The van der Waals surface area contributed by atoms with Crippen molar-refractivity contribution in [1.82, 2.24) is 0 Å². The number of hydrogen-bond acceptors (Lipinski definition) is 6. The second-order valence-electron chi connectivity index (χ2n) is 7.20. The molecule has 0 spiro atoms. The van der Waals surface area contributed by atoms with Crippen LogP contribution >= 0.6 is 11.8 Å². The molecule has 3 aromatic carbocycles. The lowest BCUT2D eigenvalue weighted by Crippen LogP contribution is -2.00. The molecule has 0 saturated carbocycles. The average Bonchev–Trinajstić information content (AvgIpc) is 2.85. The summed E-state index contributed by atoms with van der Waals surface area (Å²) in [6, 6.07) is 20.6. The predicted molar refractivity (Wildman–Crippen MR) is 138 cm³/mol. The summed E-state index contributed by atoms with van der Waals surface area (Å²) < 4.78 is 10.7. The number of ether oxygens (including phenoxy) is 2. The van der Waals surface area contributed by atoms with Crippen LogP contribution in [0, 0.1) is 0 Å². The van der Waals surface area contributed by atoms with E-state index in [0.29, 0.717) is 12.3 Å². The molecule has 32 heavy (non-hydrogen) atoms. The van der Waals surface area contributed by atoms with Crippen molar-refractivity contribution in [2.75, 3.05) is 37.7 Å². The molecule has 0 amide bonds. The second kappa shape index (κ2) is 12.1. The van der Waals surface area contributed by atoms with Gasteiger partial charge in [0.25, 0.3) is 0 Å². The van der Waals surface area contributed by atoms with Gasteiger partial charge in [0.2, 0.25) is 0 Å². The largest absolute Gasteiger partial charge is 0.493 e. The van der Waals surface area contributed by atoms with E-state index in [0.717, 1.165) is 34.1 Å². The molecule has 0 aliphatic carbocycles. The molecule has 0 fully saturated rings. The lowest BCUT2D eigenvalue weighted by molar-refractivity contribution is 0.355. The van der Waals surface area contributed by atoms with Crippen molar-refractivity contribution in [2.24, 2.45) is 4.99 Å². The highest BCUT2D eigenvalue weighted by molar-refractivity contribution is 7.99.